The molecule has 0 fully saturated rings. The number of rotatable bonds is 5. The molecule has 4 nitrogen and oxygen atoms in total. The lowest BCUT2D eigenvalue weighted by molar-refractivity contribution is 0.269. The molecule has 0 heterocycles. The van der Waals surface area contributed by atoms with E-state index in [2.05, 4.69) is 4.72 Å². The standard InChI is InChI=1S/C15H24FNO3S/c1-14(2,3)10-15(4,5)17-21(19,20)12-6-7-13(16)11(8-12)9-18/h6-8,17-18H,9-10H2,1-5H3. The van der Waals surface area contributed by atoms with Crippen molar-refractivity contribution in [1.82, 2.24) is 4.72 Å². The summed E-state index contributed by atoms with van der Waals surface area (Å²) in [5.74, 6) is -0.620. The Morgan fingerprint density at radius 1 is 1.19 bits per heavy atom. The van der Waals surface area contributed by atoms with Crippen LogP contribution in [0.15, 0.2) is 23.1 Å². The molecule has 0 radical (unpaired) electrons. The summed E-state index contributed by atoms with van der Waals surface area (Å²) in [6.45, 7) is 9.18. The molecule has 1 aromatic carbocycles. The van der Waals surface area contributed by atoms with Gasteiger partial charge in [-0.1, -0.05) is 20.8 Å². The van der Waals surface area contributed by atoms with E-state index in [-0.39, 0.29) is 15.9 Å². The van der Waals surface area contributed by atoms with Crippen LogP contribution in [0.2, 0.25) is 0 Å². The van der Waals surface area contributed by atoms with Crippen molar-refractivity contribution in [3.63, 3.8) is 0 Å². The predicted octanol–water partition coefficient (Wildman–Crippen LogP) is 2.81. The SMILES string of the molecule is CC(C)(C)CC(C)(C)NS(=O)(=O)c1ccc(F)c(CO)c1. The zero-order valence-electron chi connectivity index (χ0n) is 13.2. The molecule has 1 aromatic rings. The van der Waals surface area contributed by atoms with Crippen LogP contribution < -0.4 is 4.72 Å². The molecule has 0 unspecified atom stereocenters. The molecule has 0 saturated heterocycles. The lowest BCUT2D eigenvalue weighted by Crippen LogP contribution is -2.45. The summed E-state index contributed by atoms with van der Waals surface area (Å²) in [6, 6.07) is 3.41. The fraction of sp³-hybridized carbons (Fsp3) is 0.600. The molecule has 0 aliphatic rings. The highest BCUT2D eigenvalue weighted by Crippen LogP contribution is 2.28. The van der Waals surface area contributed by atoms with Gasteiger partial charge in [-0.25, -0.2) is 17.5 Å². The molecule has 0 atom stereocenters. The highest BCUT2D eigenvalue weighted by Gasteiger charge is 2.30. The summed E-state index contributed by atoms with van der Waals surface area (Å²) in [5.41, 5.74) is -0.706. The number of sulfonamides is 1. The summed E-state index contributed by atoms with van der Waals surface area (Å²) >= 11 is 0. The Hall–Kier alpha value is -0.980. The molecule has 0 aliphatic carbocycles. The van der Waals surface area contributed by atoms with Crippen LogP contribution in [0.4, 0.5) is 4.39 Å². The second-order valence-electron chi connectivity index (χ2n) is 7.14. The number of hydrogen-bond donors (Lipinski definition) is 2. The summed E-state index contributed by atoms with van der Waals surface area (Å²) in [6.07, 6.45) is 0.646. The van der Waals surface area contributed by atoms with Gasteiger partial charge in [-0.15, -0.1) is 0 Å². The highest BCUT2D eigenvalue weighted by atomic mass is 32.2. The summed E-state index contributed by atoms with van der Waals surface area (Å²) in [7, 11) is -3.77. The van der Waals surface area contributed by atoms with Gasteiger partial charge < -0.3 is 5.11 Å². The third-order valence-corrected chi connectivity index (χ3v) is 4.58. The summed E-state index contributed by atoms with van der Waals surface area (Å²) < 4.78 is 40.8. The fourth-order valence-electron chi connectivity index (χ4n) is 2.62. The Bertz CT molecular complexity index is 604. The first-order chi connectivity index (χ1) is 9.36. The van der Waals surface area contributed by atoms with Crippen molar-refractivity contribution in [2.24, 2.45) is 5.41 Å². The maximum Gasteiger partial charge on any atom is 0.241 e. The van der Waals surface area contributed by atoms with Gasteiger partial charge in [0.2, 0.25) is 10.0 Å². The Kier molecular flexibility index (Phi) is 5.18. The van der Waals surface area contributed by atoms with Crippen LogP contribution in [0.5, 0.6) is 0 Å². The van der Waals surface area contributed by atoms with Crippen molar-refractivity contribution >= 4 is 10.0 Å². The molecular weight excluding hydrogens is 293 g/mol. The van der Waals surface area contributed by atoms with Gasteiger partial charge in [0.25, 0.3) is 0 Å². The van der Waals surface area contributed by atoms with E-state index in [0.29, 0.717) is 6.42 Å². The number of halogens is 1. The number of nitrogens with one attached hydrogen (secondary N) is 1. The Labute approximate surface area is 126 Å². The molecular formula is C15H24FNO3S. The number of benzene rings is 1. The Morgan fingerprint density at radius 2 is 1.76 bits per heavy atom. The van der Waals surface area contributed by atoms with Crippen molar-refractivity contribution in [3.05, 3.63) is 29.6 Å². The van der Waals surface area contributed by atoms with Gasteiger partial charge in [0.15, 0.2) is 0 Å². The molecule has 0 bridgehead atoms. The molecule has 21 heavy (non-hydrogen) atoms. The average molecular weight is 317 g/mol. The number of aliphatic hydroxyl groups excluding tert-OH is 1. The molecule has 6 heteroatoms. The van der Waals surface area contributed by atoms with Crippen LogP contribution in [0.25, 0.3) is 0 Å². The van der Waals surface area contributed by atoms with E-state index in [0.717, 1.165) is 12.1 Å². The van der Waals surface area contributed by atoms with Crippen molar-refractivity contribution in [3.8, 4) is 0 Å². The maximum absolute atomic E-state index is 13.3. The van der Waals surface area contributed by atoms with E-state index < -0.39 is 28.0 Å². The number of hydrogen-bond acceptors (Lipinski definition) is 3. The quantitative estimate of drug-likeness (QED) is 0.877. The van der Waals surface area contributed by atoms with Crippen LogP contribution in [0.1, 0.15) is 46.6 Å². The molecule has 0 saturated carbocycles. The minimum absolute atomic E-state index is 0.0356. The lowest BCUT2D eigenvalue weighted by Gasteiger charge is -2.33. The first-order valence-electron chi connectivity index (χ1n) is 6.80. The second kappa shape index (κ2) is 6.02. The van der Waals surface area contributed by atoms with Gasteiger partial charge in [0.1, 0.15) is 5.82 Å². The lowest BCUT2D eigenvalue weighted by atomic mass is 9.82. The van der Waals surface area contributed by atoms with Crippen molar-refractivity contribution in [2.45, 2.75) is 58.1 Å². The van der Waals surface area contributed by atoms with Gasteiger partial charge in [-0.2, -0.15) is 0 Å². The van der Waals surface area contributed by atoms with Gasteiger partial charge in [0.05, 0.1) is 11.5 Å². The fourth-order valence-corrected chi connectivity index (χ4v) is 4.09. The highest BCUT2D eigenvalue weighted by molar-refractivity contribution is 7.89. The Morgan fingerprint density at radius 3 is 2.24 bits per heavy atom. The van der Waals surface area contributed by atoms with Crippen LogP contribution in [0.3, 0.4) is 0 Å². The van der Waals surface area contributed by atoms with Gasteiger partial charge in [0, 0.05) is 11.1 Å². The van der Waals surface area contributed by atoms with Crippen LogP contribution >= 0.6 is 0 Å². The molecule has 0 aliphatic heterocycles. The smallest absolute Gasteiger partial charge is 0.241 e. The second-order valence-corrected chi connectivity index (χ2v) is 8.82. The van der Waals surface area contributed by atoms with Crippen LogP contribution in [0, 0.1) is 11.2 Å². The zero-order valence-corrected chi connectivity index (χ0v) is 14.0. The van der Waals surface area contributed by atoms with Crippen molar-refractivity contribution < 1.29 is 17.9 Å². The predicted molar refractivity (Wildman–Crippen MR) is 80.8 cm³/mol. The minimum Gasteiger partial charge on any atom is -0.392 e. The third kappa shape index (κ3) is 5.37. The van der Waals surface area contributed by atoms with Gasteiger partial charge in [-0.05, 0) is 43.9 Å². The minimum atomic E-state index is -3.77. The monoisotopic (exact) mass is 317 g/mol. The number of aliphatic hydroxyl groups is 1. The normalized spacial score (nSPS) is 13.5. The third-order valence-electron chi connectivity index (χ3n) is 2.88. The van der Waals surface area contributed by atoms with E-state index in [1.807, 2.05) is 34.6 Å². The molecule has 0 spiro atoms. The van der Waals surface area contributed by atoms with E-state index in [9.17, 15) is 12.8 Å². The van der Waals surface area contributed by atoms with Crippen molar-refractivity contribution in [1.29, 1.82) is 0 Å². The molecule has 0 aromatic heterocycles. The van der Waals surface area contributed by atoms with E-state index in [1.165, 1.54) is 6.07 Å². The topological polar surface area (TPSA) is 66.4 Å². The first-order valence-corrected chi connectivity index (χ1v) is 8.28. The molecule has 120 valence electrons. The summed E-state index contributed by atoms with van der Waals surface area (Å²) in [5, 5.41) is 9.04. The molecule has 1 rings (SSSR count). The van der Waals surface area contributed by atoms with Gasteiger partial charge in [-0.3, -0.25) is 0 Å². The van der Waals surface area contributed by atoms with Crippen LogP contribution in [-0.2, 0) is 16.6 Å². The van der Waals surface area contributed by atoms with Crippen molar-refractivity contribution in [2.75, 3.05) is 0 Å². The van der Waals surface area contributed by atoms with E-state index >= 15 is 0 Å². The van der Waals surface area contributed by atoms with E-state index in [4.69, 9.17) is 5.11 Å². The van der Waals surface area contributed by atoms with Crippen LogP contribution in [-0.4, -0.2) is 19.1 Å². The Balaban J connectivity index is 3.07. The first kappa shape index (κ1) is 18.1. The average Bonchev–Trinajstić information content (AvgIpc) is 2.24. The summed E-state index contributed by atoms with van der Waals surface area (Å²) in [4.78, 5) is -0.0464. The molecule has 2 N–H and O–H groups in total. The van der Waals surface area contributed by atoms with Gasteiger partial charge >= 0.3 is 0 Å². The largest absolute Gasteiger partial charge is 0.392 e. The maximum atomic E-state index is 13.3. The van der Waals surface area contributed by atoms with E-state index in [1.54, 1.807) is 0 Å². The molecule has 0 amide bonds. The zero-order chi connectivity index (χ0) is 16.5.